The normalized spacial score (nSPS) is 21.1. The molecular weight excluding hydrogens is 444 g/mol. The Kier molecular flexibility index (Phi) is 6.58. The number of hydrogen-bond acceptors (Lipinski definition) is 5. The number of primary amides is 1. The van der Waals surface area contributed by atoms with Crippen molar-refractivity contribution in [3.63, 3.8) is 0 Å². The Hall–Kier alpha value is -3.82. The smallest absolute Gasteiger partial charge is 0.267 e. The molecule has 0 spiro atoms. The Morgan fingerprint density at radius 2 is 1.91 bits per heavy atom. The van der Waals surface area contributed by atoms with Crippen molar-refractivity contribution < 1.29 is 23.2 Å². The molecule has 0 radical (unpaired) electrons. The van der Waals surface area contributed by atoms with Crippen LogP contribution in [0.25, 0.3) is 0 Å². The molecule has 2 aromatic carbocycles. The molecule has 0 bridgehead atoms. The van der Waals surface area contributed by atoms with Crippen molar-refractivity contribution in [1.29, 1.82) is 5.41 Å². The first-order valence-electron chi connectivity index (χ1n) is 11.0. The van der Waals surface area contributed by atoms with Crippen LogP contribution in [0, 0.1) is 17.0 Å². The van der Waals surface area contributed by atoms with Gasteiger partial charge in [-0.1, -0.05) is 24.3 Å². The quantitative estimate of drug-likeness (QED) is 0.440. The van der Waals surface area contributed by atoms with E-state index in [1.54, 1.807) is 24.3 Å². The predicted octanol–water partition coefficient (Wildman–Crippen LogP) is 1.89. The Bertz CT molecular complexity index is 1160. The van der Waals surface area contributed by atoms with E-state index >= 15 is 0 Å². The van der Waals surface area contributed by atoms with Crippen LogP contribution < -0.4 is 16.4 Å². The molecule has 3 amide bonds. The number of carbonyl (C=O) groups excluding carboxylic acids is 3. The van der Waals surface area contributed by atoms with Gasteiger partial charge < -0.3 is 21.3 Å². The predicted molar refractivity (Wildman–Crippen MR) is 121 cm³/mol. The van der Waals surface area contributed by atoms with Crippen LogP contribution in [-0.2, 0) is 14.4 Å². The minimum atomic E-state index is -0.879. The summed E-state index contributed by atoms with van der Waals surface area (Å²) in [6, 6.07) is 9.09. The number of nitrogens with one attached hydrogen (secondary N) is 3. The maximum Gasteiger partial charge on any atom is 0.267 e. The average molecular weight is 469 g/mol. The third-order valence-electron chi connectivity index (χ3n) is 6.23. The first-order chi connectivity index (χ1) is 16.3. The molecule has 3 atom stereocenters. The number of para-hydroxylation sites is 1. The minimum Gasteiger partial charge on any atom is -0.376 e. The lowest BCUT2D eigenvalue weighted by atomic mass is 10.1. The summed E-state index contributed by atoms with van der Waals surface area (Å²) in [5.74, 6) is -2.96. The van der Waals surface area contributed by atoms with Gasteiger partial charge in [0.05, 0.1) is 6.54 Å². The second kappa shape index (κ2) is 9.58. The van der Waals surface area contributed by atoms with Crippen LogP contribution in [0.15, 0.2) is 42.5 Å². The highest BCUT2D eigenvalue weighted by Gasteiger charge is 2.43. The van der Waals surface area contributed by atoms with Crippen LogP contribution in [-0.4, -0.2) is 53.5 Å². The minimum absolute atomic E-state index is 0.125. The third-order valence-corrected chi connectivity index (χ3v) is 6.23. The van der Waals surface area contributed by atoms with Crippen molar-refractivity contribution >= 4 is 29.1 Å². The molecule has 1 aliphatic carbocycles. The zero-order valence-electron chi connectivity index (χ0n) is 18.3. The van der Waals surface area contributed by atoms with E-state index < -0.39 is 23.6 Å². The van der Waals surface area contributed by atoms with Crippen molar-refractivity contribution in [2.45, 2.75) is 37.3 Å². The molecule has 8 nitrogen and oxygen atoms in total. The van der Waals surface area contributed by atoms with E-state index in [2.05, 4.69) is 10.6 Å². The van der Waals surface area contributed by atoms with Crippen LogP contribution >= 0.6 is 0 Å². The number of hydrogen-bond donors (Lipinski definition) is 4. The van der Waals surface area contributed by atoms with Crippen molar-refractivity contribution in [1.82, 2.24) is 10.2 Å². The van der Waals surface area contributed by atoms with Gasteiger partial charge in [0.1, 0.15) is 23.4 Å². The largest absolute Gasteiger partial charge is 0.376 e. The molecule has 1 saturated carbocycles. The summed E-state index contributed by atoms with van der Waals surface area (Å²) in [4.78, 5) is 38.6. The number of likely N-dealkylation sites (tertiary alicyclic amines) is 1. The van der Waals surface area contributed by atoms with E-state index in [1.165, 1.54) is 17.0 Å². The van der Waals surface area contributed by atoms with E-state index in [0.29, 0.717) is 37.1 Å². The topological polar surface area (TPSA) is 128 Å². The number of nitrogens with zero attached hydrogens (tertiary/aromatic N) is 1. The molecule has 178 valence electrons. The van der Waals surface area contributed by atoms with Crippen molar-refractivity contribution in [3.05, 3.63) is 65.2 Å². The lowest BCUT2D eigenvalue weighted by Crippen LogP contribution is -2.48. The summed E-state index contributed by atoms with van der Waals surface area (Å²) >= 11 is 0. The van der Waals surface area contributed by atoms with Crippen molar-refractivity contribution in [2.24, 2.45) is 5.73 Å². The highest BCUT2D eigenvalue weighted by atomic mass is 19.1. The lowest BCUT2D eigenvalue weighted by molar-refractivity contribution is -0.137. The second-order valence-electron chi connectivity index (χ2n) is 8.51. The fourth-order valence-corrected chi connectivity index (χ4v) is 4.38. The molecule has 5 N–H and O–H groups in total. The number of anilines is 1. The fraction of sp³-hybridized carbons (Fsp3) is 0.333. The maximum absolute atomic E-state index is 14.0. The van der Waals surface area contributed by atoms with E-state index in [9.17, 15) is 23.2 Å². The molecule has 0 aromatic heterocycles. The fourth-order valence-electron chi connectivity index (χ4n) is 4.38. The Morgan fingerprint density at radius 3 is 2.65 bits per heavy atom. The molecule has 10 heteroatoms. The molecule has 2 aliphatic rings. The SMILES string of the molecule is N=C(C(N)=O)c1ccccc1NCC(=O)N1CCC[C@H]1C(=O)NC1CC1c1ccc(F)cc1F. The van der Waals surface area contributed by atoms with E-state index in [1.807, 2.05) is 0 Å². The summed E-state index contributed by atoms with van der Waals surface area (Å²) in [6.45, 7) is 0.303. The molecule has 2 fully saturated rings. The van der Waals surface area contributed by atoms with Crippen LogP contribution in [0.2, 0.25) is 0 Å². The third kappa shape index (κ3) is 4.90. The zero-order chi connectivity index (χ0) is 24.4. The molecule has 34 heavy (non-hydrogen) atoms. The van der Waals surface area contributed by atoms with E-state index in [0.717, 1.165) is 6.07 Å². The van der Waals surface area contributed by atoms with Gasteiger partial charge in [-0.25, -0.2) is 8.78 Å². The average Bonchev–Trinajstić information content (AvgIpc) is 3.37. The Morgan fingerprint density at radius 1 is 1.15 bits per heavy atom. The molecule has 1 heterocycles. The van der Waals surface area contributed by atoms with Gasteiger partial charge >= 0.3 is 0 Å². The molecule has 2 aromatic rings. The molecule has 1 saturated heterocycles. The highest BCUT2D eigenvalue weighted by Crippen LogP contribution is 2.42. The number of benzene rings is 2. The summed E-state index contributed by atoms with van der Waals surface area (Å²) in [5, 5.41) is 13.7. The van der Waals surface area contributed by atoms with Crippen LogP contribution in [0.5, 0.6) is 0 Å². The number of rotatable bonds is 8. The molecule has 2 unspecified atom stereocenters. The first-order valence-corrected chi connectivity index (χ1v) is 11.0. The van der Waals surface area contributed by atoms with Gasteiger partial charge in [-0.05, 0) is 37.0 Å². The van der Waals surface area contributed by atoms with Crippen molar-refractivity contribution in [3.8, 4) is 0 Å². The summed E-state index contributed by atoms with van der Waals surface area (Å²) in [6.07, 6.45) is 1.75. The van der Waals surface area contributed by atoms with Gasteiger partial charge in [-0.3, -0.25) is 19.8 Å². The van der Waals surface area contributed by atoms with E-state index in [-0.39, 0.29) is 41.6 Å². The van der Waals surface area contributed by atoms with Crippen LogP contribution in [0.3, 0.4) is 0 Å². The first kappa shape index (κ1) is 23.3. The summed E-state index contributed by atoms with van der Waals surface area (Å²) in [5.41, 5.74) is 5.91. The van der Waals surface area contributed by atoms with Crippen molar-refractivity contribution in [2.75, 3.05) is 18.4 Å². The van der Waals surface area contributed by atoms with E-state index in [4.69, 9.17) is 11.1 Å². The summed E-state index contributed by atoms with van der Waals surface area (Å²) in [7, 11) is 0. The standard InChI is InChI=1S/C24H25F2N5O3/c25-13-7-8-14(17(26)10-13)16-11-19(16)30-24(34)20-6-3-9-31(20)21(32)12-29-18-5-2-1-4-15(18)22(27)23(28)33/h1-2,4-5,7-8,10,16,19-20,27,29H,3,6,9,11-12H2,(H2,28,33)(H,30,34)/t16?,19?,20-/m0/s1. The second-order valence-corrected chi connectivity index (χ2v) is 8.51. The van der Waals surface area contributed by atoms with Gasteiger partial charge in [-0.15, -0.1) is 0 Å². The molecule has 1 aliphatic heterocycles. The number of carbonyl (C=O) groups is 3. The number of amides is 3. The molecule has 4 rings (SSSR count). The number of halogens is 2. The Balaban J connectivity index is 1.35. The zero-order valence-corrected chi connectivity index (χ0v) is 18.3. The molecular formula is C24H25F2N5O3. The number of nitrogens with two attached hydrogens (primary N) is 1. The van der Waals surface area contributed by atoms with Crippen LogP contribution in [0.4, 0.5) is 14.5 Å². The van der Waals surface area contributed by atoms with Gasteiger partial charge in [0.15, 0.2) is 0 Å². The van der Waals surface area contributed by atoms with Gasteiger partial charge in [0.2, 0.25) is 11.8 Å². The monoisotopic (exact) mass is 469 g/mol. The Labute approximate surface area is 195 Å². The van der Waals surface area contributed by atoms with Crippen LogP contribution in [0.1, 0.15) is 36.3 Å². The van der Waals surface area contributed by atoms with Gasteiger partial charge in [0.25, 0.3) is 5.91 Å². The summed E-state index contributed by atoms with van der Waals surface area (Å²) < 4.78 is 27.2. The maximum atomic E-state index is 14.0. The highest BCUT2D eigenvalue weighted by molar-refractivity contribution is 6.44. The lowest BCUT2D eigenvalue weighted by Gasteiger charge is -2.24. The van der Waals surface area contributed by atoms with Gasteiger partial charge in [-0.2, -0.15) is 0 Å². The van der Waals surface area contributed by atoms with Gasteiger partial charge in [0, 0.05) is 35.8 Å².